The van der Waals surface area contributed by atoms with Crippen molar-refractivity contribution in [2.45, 2.75) is 26.2 Å². The van der Waals surface area contributed by atoms with Crippen LogP contribution >= 0.6 is 0 Å². The highest BCUT2D eigenvalue weighted by molar-refractivity contribution is 5.23. The van der Waals surface area contributed by atoms with E-state index in [0.29, 0.717) is 26.2 Å². The van der Waals surface area contributed by atoms with E-state index in [1.54, 1.807) is 0 Å². The maximum atomic E-state index is 5.43. The summed E-state index contributed by atoms with van der Waals surface area (Å²) >= 11 is 0. The quantitative estimate of drug-likeness (QED) is 0.671. The van der Waals surface area contributed by atoms with E-state index in [2.05, 4.69) is 0 Å². The highest BCUT2D eigenvalue weighted by Gasteiger charge is 1.90. The standard InChI is InChI=1S/2C8H12N2/c9-5-7-1-2-8(6-10)4-3-7;9-5-7-2-1-3-8(4-7)6-10/h2*1-4H,5-6,9-10H2. The third kappa shape index (κ3) is 5.50. The zero-order valence-corrected chi connectivity index (χ0v) is 11.8. The molecule has 0 spiro atoms. The van der Waals surface area contributed by atoms with E-state index in [1.807, 2.05) is 48.5 Å². The van der Waals surface area contributed by atoms with Crippen LogP contribution in [-0.2, 0) is 26.2 Å². The largest absolute Gasteiger partial charge is 0.326 e. The summed E-state index contributed by atoms with van der Waals surface area (Å²) in [6.07, 6.45) is 0. The third-order valence-electron chi connectivity index (χ3n) is 2.96. The lowest BCUT2D eigenvalue weighted by Crippen LogP contribution is -2.00. The van der Waals surface area contributed by atoms with Gasteiger partial charge in [-0.1, -0.05) is 48.5 Å². The molecule has 0 aromatic heterocycles. The van der Waals surface area contributed by atoms with Gasteiger partial charge in [0.15, 0.2) is 0 Å². The average Bonchev–Trinajstić information content (AvgIpc) is 2.55. The second-order valence-electron chi connectivity index (χ2n) is 4.45. The van der Waals surface area contributed by atoms with Crippen molar-refractivity contribution >= 4 is 0 Å². The molecular weight excluding hydrogens is 248 g/mol. The smallest absolute Gasteiger partial charge is 0.0178 e. The number of rotatable bonds is 4. The van der Waals surface area contributed by atoms with Crippen molar-refractivity contribution in [2.24, 2.45) is 22.9 Å². The van der Waals surface area contributed by atoms with Gasteiger partial charge in [0.1, 0.15) is 0 Å². The Morgan fingerprint density at radius 1 is 0.500 bits per heavy atom. The van der Waals surface area contributed by atoms with Gasteiger partial charge in [-0.2, -0.15) is 0 Å². The Morgan fingerprint density at radius 2 is 0.850 bits per heavy atom. The van der Waals surface area contributed by atoms with Gasteiger partial charge in [-0.05, 0) is 22.3 Å². The Morgan fingerprint density at radius 3 is 1.15 bits per heavy atom. The minimum atomic E-state index is 0.591. The molecule has 0 amide bonds. The lowest BCUT2D eigenvalue weighted by molar-refractivity contribution is 1.03. The van der Waals surface area contributed by atoms with Crippen molar-refractivity contribution in [3.05, 3.63) is 70.8 Å². The van der Waals surface area contributed by atoms with Crippen LogP contribution in [0.5, 0.6) is 0 Å². The molecule has 0 aliphatic rings. The predicted molar refractivity (Wildman–Crippen MR) is 84.4 cm³/mol. The third-order valence-corrected chi connectivity index (χ3v) is 2.96. The van der Waals surface area contributed by atoms with E-state index in [4.69, 9.17) is 22.9 Å². The van der Waals surface area contributed by atoms with Crippen molar-refractivity contribution in [1.29, 1.82) is 0 Å². The second kappa shape index (κ2) is 9.23. The lowest BCUT2D eigenvalue weighted by Gasteiger charge is -1.98. The highest BCUT2D eigenvalue weighted by atomic mass is 14.5. The van der Waals surface area contributed by atoms with Crippen molar-refractivity contribution in [2.75, 3.05) is 0 Å². The van der Waals surface area contributed by atoms with Crippen LogP contribution in [0.25, 0.3) is 0 Å². The topological polar surface area (TPSA) is 104 Å². The molecule has 0 aliphatic heterocycles. The summed E-state index contributed by atoms with van der Waals surface area (Å²) in [7, 11) is 0. The Kier molecular flexibility index (Phi) is 7.54. The highest BCUT2D eigenvalue weighted by Crippen LogP contribution is 2.03. The molecule has 0 heterocycles. The molecule has 108 valence electrons. The van der Waals surface area contributed by atoms with Crippen LogP contribution < -0.4 is 22.9 Å². The molecule has 4 heteroatoms. The Balaban J connectivity index is 0.000000200. The molecule has 2 aromatic carbocycles. The minimum absolute atomic E-state index is 0.591. The molecule has 0 saturated carbocycles. The van der Waals surface area contributed by atoms with Crippen molar-refractivity contribution in [3.8, 4) is 0 Å². The SMILES string of the molecule is NCc1ccc(CN)cc1.NCc1cccc(CN)c1. The van der Waals surface area contributed by atoms with Crippen molar-refractivity contribution in [3.63, 3.8) is 0 Å². The van der Waals surface area contributed by atoms with Crippen LogP contribution in [0, 0.1) is 0 Å². The Hall–Kier alpha value is -1.72. The number of benzene rings is 2. The first-order chi connectivity index (χ1) is 9.73. The van der Waals surface area contributed by atoms with Crippen LogP contribution in [0.3, 0.4) is 0 Å². The summed E-state index contributed by atoms with van der Waals surface area (Å²) in [6.45, 7) is 2.39. The van der Waals surface area contributed by atoms with E-state index in [1.165, 1.54) is 0 Å². The van der Waals surface area contributed by atoms with E-state index in [9.17, 15) is 0 Å². The first-order valence-corrected chi connectivity index (χ1v) is 6.69. The predicted octanol–water partition coefficient (Wildman–Crippen LogP) is 1.21. The minimum Gasteiger partial charge on any atom is -0.326 e. The monoisotopic (exact) mass is 272 g/mol. The summed E-state index contributed by atoms with van der Waals surface area (Å²) in [5.74, 6) is 0. The van der Waals surface area contributed by atoms with E-state index < -0.39 is 0 Å². The molecular formula is C16H24N4. The van der Waals surface area contributed by atoms with Gasteiger partial charge in [-0.3, -0.25) is 0 Å². The van der Waals surface area contributed by atoms with Crippen LogP contribution in [0.1, 0.15) is 22.3 Å². The van der Waals surface area contributed by atoms with Gasteiger partial charge in [0.25, 0.3) is 0 Å². The van der Waals surface area contributed by atoms with Gasteiger partial charge in [-0.25, -0.2) is 0 Å². The molecule has 0 aliphatic carbocycles. The summed E-state index contributed by atoms with van der Waals surface area (Å²) in [5.41, 5.74) is 26.3. The normalized spacial score (nSPS) is 9.80. The van der Waals surface area contributed by atoms with Gasteiger partial charge in [-0.15, -0.1) is 0 Å². The van der Waals surface area contributed by atoms with E-state index >= 15 is 0 Å². The van der Waals surface area contributed by atoms with Gasteiger partial charge >= 0.3 is 0 Å². The lowest BCUT2D eigenvalue weighted by atomic mass is 10.1. The fraction of sp³-hybridized carbons (Fsp3) is 0.250. The van der Waals surface area contributed by atoms with Crippen LogP contribution in [0.4, 0.5) is 0 Å². The first-order valence-electron chi connectivity index (χ1n) is 6.69. The van der Waals surface area contributed by atoms with Crippen molar-refractivity contribution in [1.82, 2.24) is 0 Å². The maximum absolute atomic E-state index is 5.43. The van der Waals surface area contributed by atoms with Gasteiger partial charge in [0.2, 0.25) is 0 Å². The molecule has 0 bridgehead atoms. The fourth-order valence-electron chi connectivity index (χ4n) is 1.70. The summed E-state index contributed by atoms with van der Waals surface area (Å²) in [6, 6.07) is 16.0. The maximum Gasteiger partial charge on any atom is 0.0178 e. The van der Waals surface area contributed by atoms with Gasteiger partial charge in [0.05, 0.1) is 0 Å². The second-order valence-corrected chi connectivity index (χ2v) is 4.45. The number of nitrogens with two attached hydrogens (primary N) is 4. The summed E-state index contributed by atoms with van der Waals surface area (Å²) in [4.78, 5) is 0. The molecule has 20 heavy (non-hydrogen) atoms. The molecule has 0 atom stereocenters. The zero-order chi connectivity index (χ0) is 14.8. The van der Waals surface area contributed by atoms with Crippen LogP contribution in [-0.4, -0.2) is 0 Å². The fourth-order valence-corrected chi connectivity index (χ4v) is 1.70. The number of hydrogen-bond acceptors (Lipinski definition) is 4. The first kappa shape index (κ1) is 16.3. The molecule has 8 N–H and O–H groups in total. The molecule has 2 rings (SSSR count). The molecule has 0 unspecified atom stereocenters. The van der Waals surface area contributed by atoms with E-state index in [0.717, 1.165) is 22.3 Å². The van der Waals surface area contributed by atoms with Crippen LogP contribution in [0.2, 0.25) is 0 Å². The molecule has 0 saturated heterocycles. The van der Waals surface area contributed by atoms with Gasteiger partial charge < -0.3 is 22.9 Å². The van der Waals surface area contributed by atoms with E-state index in [-0.39, 0.29) is 0 Å². The number of hydrogen-bond donors (Lipinski definition) is 4. The molecule has 0 radical (unpaired) electrons. The van der Waals surface area contributed by atoms with Crippen LogP contribution in [0.15, 0.2) is 48.5 Å². The Bertz CT molecular complexity index is 452. The average molecular weight is 272 g/mol. The molecule has 4 nitrogen and oxygen atoms in total. The Labute approximate surface area is 120 Å². The van der Waals surface area contributed by atoms with Crippen molar-refractivity contribution < 1.29 is 0 Å². The van der Waals surface area contributed by atoms with Gasteiger partial charge in [0, 0.05) is 26.2 Å². The molecule has 0 fully saturated rings. The molecule has 2 aromatic rings. The zero-order valence-electron chi connectivity index (χ0n) is 11.8. The summed E-state index contributed by atoms with van der Waals surface area (Å²) < 4.78 is 0. The summed E-state index contributed by atoms with van der Waals surface area (Å²) in [5, 5.41) is 0.